The normalized spacial score (nSPS) is 10.4. The first-order chi connectivity index (χ1) is 12.7. The zero-order valence-electron chi connectivity index (χ0n) is 14.2. The molecule has 1 heterocycles. The molecular formula is C19H18FN3O3. The van der Waals surface area contributed by atoms with Crippen LogP contribution in [0.15, 0.2) is 60.8 Å². The lowest BCUT2D eigenvalue weighted by molar-refractivity contribution is 0.210. The van der Waals surface area contributed by atoms with E-state index in [1.54, 1.807) is 48.5 Å². The smallest absolute Gasteiger partial charge is 0.425 e. The van der Waals surface area contributed by atoms with Crippen molar-refractivity contribution in [3.63, 3.8) is 0 Å². The van der Waals surface area contributed by atoms with Crippen LogP contribution in [0.5, 0.6) is 11.5 Å². The monoisotopic (exact) mass is 355 g/mol. The van der Waals surface area contributed by atoms with Gasteiger partial charge in [0, 0.05) is 12.1 Å². The summed E-state index contributed by atoms with van der Waals surface area (Å²) in [6.45, 7) is 1.20. The van der Waals surface area contributed by atoms with Crippen LogP contribution >= 0.6 is 0 Å². The molecule has 2 aromatic carbocycles. The molecule has 3 rings (SSSR count). The number of aromatic nitrogens is 2. The molecule has 6 nitrogen and oxygen atoms in total. The molecule has 0 aliphatic heterocycles. The van der Waals surface area contributed by atoms with Gasteiger partial charge in [-0.2, -0.15) is 5.10 Å². The Labute approximate surface area is 150 Å². The number of alkyl halides is 1. The van der Waals surface area contributed by atoms with Crippen LogP contribution in [0.2, 0.25) is 0 Å². The fourth-order valence-corrected chi connectivity index (χ4v) is 2.38. The number of amides is 1. The minimum absolute atomic E-state index is 0.0528. The average molecular weight is 355 g/mol. The molecule has 0 fully saturated rings. The quantitative estimate of drug-likeness (QED) is 0.711. The van der Waals surface area contributed by atoms with Crippen LogP contribution in [-0.2, 0) is 0 Å². The lowest BCUT2D eigenvalue weighted by atomic mass is 10.2. The Morgan fingerprint density at radius 1 is 1.19 bits per heavy atom. The van der Waals surface area contributed by atoms with Crippen LogP contribution < -0.4 is 14.4 Å². The van der Waals surface area contributed by atoms with E-state index in [4.69, 9.17) is 9.47 Å². The van der Waals surface area contributed by atoms with E-state index in [9.17, 15) is 9.18 Å². The van der Waals surface area contributed by atoms with Crippen molar-refractivity contribution in [2.75, 3.05) is 18.2 Å². The number of hydrogen-bond donors (Lipinski definition) is 1. The number of H-pyrrole nitrogens is 1. The number of aromatic amines is 1. The van der Waals surface area contributed by atoms with Crippen molar-refractivity contribution in [1.29, 1.82) is 0 Å². The number of hydrogen-bond acceptors (Lipinski definition) is 4. The van der Waals surface area contributed by atoms with Gasteiger partial charge in [-0.1, -0.05) is 24.3 Å². The molecular weight excluding hydrogens is 337 g/mol. The Balaban J connectivity index is 1.93. The van der Waals surface area contributed by atoms with Gasteiger partial charge in [-0.25, -0.2) is 14.1 Å². The van der Waals surface area contributed by atoms with Crippen molar-refractivity contribution in [1.82, 2.24) is 10.2 Å². The second-order valence-electron chi connectivity index (χ2n) is 5.45. The number of ether oxygens (including phenoxy) is 2. The van der Waals surface area contributed by atoms with Gasteiger partial charge in [0.05, 0.1) is 11.9 Å². The SMILES string of the molecule is Cc1ccc(N(C(=O)Oc2ccccc2)c2ccn[nH]2)cc1OCCF. The van der Waals surface area contributed by atoms with Crippen molar-refractivity contribution in [3.05, 3.63) is 66.4 Å². The standard InChI is InChI=1S/C19H18FN3O3/c1-14-7-8-15(13-17(14)25-12-10-20)23(18-9-11-21-22-18)19(24)26-16-5-3-2-4-6-16/h2-9,11,13H,10,12H2,1H3,(H,21,22). The third-order valence-corrected chi connectivity index (χ3v) is 3.62. The number of aryl methyl sites for hydroxylation is 1. The molecule has 0 atom stereocenters. The molecule has 0 spiro atoms. The first-order valence-electron chi connectivity index (χ1n) is 8.05. The van der Waals surface area contributed by atoms with E-state index in [0.29, 0.717) is 23.0 Å². The van der Waals surface area contributed by atoms with Crippen LogP contribution in [-0.4, -0.2) is 29.6 Å². The van der Waals surface area contributed by atoms with E-state index in [0.717, 1.165) is 5.56 Å². The Morgan fingerprint density at radius 2 is 2.00 bits per heavy atom. The Morgan fingerprint density at radius 3 is 2.69 bits per heavy atom. The van der Waals surface area contributed by atoms with Gasteiger partial charge in [-0.05, 0) is 30.7 Å². The molecule has 1 N–H and O–H groups in total. The van der Waals surface area contributed by atoms with Gasteiger partial charge in [0.2, 0.25) is 0 Å². The highest BCUT2D eigenvalue weighted by Gasteiger charge is 2.22. The molecule has 0 unspecified atom stereocenters. The van der Waals surface area contributed by atoms with E-state index in [-0.39, 0.29) is 6.61 Å². The highest BCUT2D eigenvalue weighted by molar-refractivity contribution is 5.96. The summed E-state index contributed by atoms with van der Waals surface area (Å²) in [5, 5.41) is 6.65. The highest BCUT2D eigenvalue weighted by Crippen LogP contribution is 2.30. The molecule has 0 saturated heterocycles. The van der Waals surface area contributed by atoms with Crippen LogP contribution in [0.4, 0.5) is 20.7 Å². The van der Waals surface area contributed by atoms with Crippen molar-refractivity contribution < 1.29 is 18.7 Å². The minimum Gasteiger partial charge on any atom is -0.491 e. The topological polar surface area (TPSA) is 67.5 Å². The van der Waals surface area contributed by atoms with Crippen molar-refractivity contribution >= 4 is 17.6 Å². The number of halogens is 1. The van der Waals surface area contributed by atoms with Crippen molar-refractivity contribution in [3.8, 4) is 11.5 Å². The lowest BCUT2D eigenvalue weighted by Crippen LogP contribution is -2.29. The van der Waals surface area contributed by atoms with Gasteiger partial charge in [0.1, 0.15) is 30.6 Å². The van der Waals surface area contributed by atoms with Crippen LogP contribution in [0, 0.1) is 6.92 Å². The second-order valence-corrected chi connectivity index (χ2v) is 5.45. The summed E-state index contributed by atoms with van der Waals surface area (Å²) in [5.74, 6) is 1.35. The number of carbonyl (C=O) groups is 1. The fourth-order valence-electron chi connectivity index (χ4n) is 2.38. The van der Waals surface area contributed by atoms with Gasteiger partial charge in [-0.15, -0.1) is 0 Å². The summed E-state index contributed by atoms with van der Waals surface area (Å²) in [7, 11) is 0. The molecule has 1 amide bonds. The van der Waals surface area contributed by atoms with Gasteiger partial charge >= 0.3 is 6.09 Å². The number of rotatable bonds is 6. The maximum atomic E-state index is 12.8. The molecule has 3 aromatic rings. The Bertz CT molecular complexity index is 854. The number of para-hydroxylation sites is 1. The number of benzene rings is 2. The summed E-state index contributed by atoms with van der Waals surface area (Å²) in [6.07, 6.45) is 0.924. The minimum atomic E-state index is -0.610. The zero-order chi connectivity index (χ0) is 18.4. The Hall–Kier alpha value is -3.35. The van der Waals surface area contributed by atoms with Gasteiger partial charge in [0.15, 0.2) is 0 Å². The molecule has 0 aliphatic rings. The van der Waals surface area contributed by atoms with E-state index in [1.807, 2.05) is 13.0 Å². The van der Waals surface area contributed by atoms with E-state index < -0.39 is 12.8 Å². The molecule has 0 aliphatic carbocycles. The van der Waals surface area contributed by atoms with Crippen molar-refractivity contribution in [2.45, 2.75) is 6.92 Å². The van der Waals surface area contributed by atoms with Crippen molar-refractivity contribution in [2.24, 2.45) is 0 Å². The lowest BCUT2D eigenvalue weighted by Gasteiger charge is -2.21. The van der Waals surface area contributed by atoms with Crippen LogP contribution in [0.1, 0.15) is 5.56 Å². The predicted octanol–water partition coefficient (Wildman–Crippen LogP) is 4.40. The molecule has 0 radical (unpaired) electrons. The molecule has 1 aromatic heterocycles. The second kappa shape index (κ2) is 8.15. The maximum Gasteiger partial charge on any atom is 0.425 e. The molecule has 0 bridgehead atoms. The fraction of sp³-hybridized carbons (Fsp3) is 0.158. The van der Waals surface area contributed by atoms with Gasteiger partial charge < -0.3 is 9.47 Å². The third-order valence-electron chi connectivity index (χ3n) is 3.62. The average Bonchev–Trinajstić information content (AvgIpc) is 3.17. The predicted molar refractivity (Wildman–Crippen MR) is 95.8 cm³/mol. The van der Waals surface area contributed by atoms with E-state index in [1.165, 1.54) is 11.1 Å². The number of nitrogens with one attached hydrogen (secondary N) is 1. The van der Waals surface area contributed by atoms with Gasteiger partial charge in [-0.3, -0.25) is 5.10 Å². The van der Waals surface area contributed by atoms with Crippen LogP contribution in [0.3, 0.4) is 0 Å². The summed E-state index contributed by atoms with van der Waals surface area (Å²) in [6, 6.07) is 15.6. The van der Waals surface area contributed by atoms with E-state index >= 15 is 0 Å². The van der Waals surface area contributed by atoms with Gasteiger partial charge in [0.25, 0.3) is 0 Å². The summed E-state index contributed by atoms with van der Waals surface area (Å²) < 4.78 is 23.3. The Kier molecular flexibility index (Phi) is 5.48. The first-order valence-corrected chi connectivity index (χ1v) is 8.05. The first kappa shape index (κ1) is 17.5. The number of anilines is 2. The third kappa shape index (κ3) is 4.00. The number of carbonyl (C=O) groups excluding carboxylic acids is 1. The number of nitrogens with zero attached hydrogens (tertiary/aromatic N) is 2. The highest BCUT2D eigenvalue weighted by atomic mass is 19.1. The molecule has 7 heteroatoms. The summed E-state index contributed by atoms with van der Waals surface area (Å²) >= 11 is 0. The maximum absolute atomic E-state index is 12.8. The molecule has 26 heavy (non-hydrogen) atoms. The largest absolute Gasteiger partial charge is 0.491 e. The summed E-state index contributed by atoms with van der Waals surface area (Å²) in [5.41, 5.74) is 1.35. The molecule has 134 valence electrons. The molecule has 0 saturated carbocycles. The zero-order valence-corrected chi connectivity index (χ0v) is 14.2. The summed E-state index contributed by atoms with van der Waals surface area (Å²) in [4.78, 5) is 14.1. The van der Waals surface area contributed by atoms with E-state index in [2.05, 4.69) is 10.2 Å². The van der Waals surface area contributed by atoms with Crippen LogP contribution in [0.25, 0.3) is 0 Å².